The van der Waals surface area contributed by atoms with Crippen LogP contribution in [0.2, 0.25) is 0 Å². The zero-order valence-electron chi connectivity index (χ0n) is 19.3. The van der Waals surface area contributed by atoms with Crippen LogP contribution in [0.3, 0.4) is 0 Å². The van der Waals surface area contributed by atoms with Crippen molar-refractivity contribution in [2.24, 2.45) is 0 Å². The Bertz CT molecular complexity index is 1040. The summed E-state index contributed by atoms with van der Waals surface area (Å²) in [5, 5.41) is 16.6. The fraction of sp³-hybridized carbons (Fsp3) is 0.360. The van der Waals surface area contributed by atoms with Gasteiger partial charge in [0.1, 0.15) is 18.7 Å². The summed E-state index contributed by atoms with van der Waals surface area (Å²) in [5.74, 6) is -2.66. The molecule has 0 spiro atoms. The highest BCUT2D eigenvalue weighted by molar-refractivity contribution is 5.93. The van der Waals surface area contributed by atoms with E-state index in [1.807, 2.05) is 48.5 Å². The normalized spacial score (nSPS) is 13.9. The molecule has 180 valence electrons. The third-order valence-corrected chi connectivity index (χ3v) is 5.51. The lowest BCUT2D eigenvalue weighted by atomic mass is 9.98. The van der Waals surface area contributed by atoms with Crippen molar-refractivity contribution >= 4 is 23.9 Å². The Morgan fingerprint density at radius 1 is 0.853 bits per heavy atom. The molecule has 1 aliphatic rings. The predicted molar refractivity (Wildman–Crippen MR) is 125 cm³/mol. The molecule has 0 bridgehead atoms. The average Bonchev–Trinajstić information content (AvgIpc) is 3.10. The molecule has 3 amide bonds. The van der Waals surface area contributed by atoms with Crippen molar-refractivity contribution in [2.45, 2.75) is 51.2 Å². The number of ether oxygens (including phenoxy) is 1. The highest BCUT2D eigenvalue weighted by Crippen LogP contribution is 2.44. The quantitative estimate of drug-likeness (QED) is 0.448. The molecule has 2 unspecified atom stereocenters. The number of alkyl carbamates (subject to hydrolysis) is 1. The van der Waals surface area contributed by atoms with Crippen LogP contribution in [-0.2, 0) is 19.1 Å². The van der Waals surface area contributed by atoms with Crippen LogP contribution in [0.4, 0.5) is 4.79 Å². The minimum Gasteiger partial charge on any atom is -0.481 e. The van der Waals surface area contributed by atoms with Crippen LogP contribution in [0, 0.1) is 0 Å². The summed E-state index contributed by atoms with van der Waals surface area (Å²) in [6, 6.07) is 13.3. The van der Waals surface area contributed by atoms with Gasteiger partial charge in [-0.15, -0.1) is 0 Å². The fourth-order valence-corrected chi connectivity index (χ4v) is 3.96. The van der Waals surface area contributed by atoms with Gasteiger partial charge in [0.05, 0.1) is 6.42 Å². The smallest absolute Gasteiger partial charge is 0.407 e. The van der Waals surface area contributed by atoms with Gasteiger partial charge < -0.3 is 25.8 Å². The molecule has 0 saturated carbocycles. The second kappa shape index (κ2) is 10.8. The first-order chi connectivity index (χ1) is 16.2. The minimum absolute atomic E-state index is 0.0223. The van der Waals surface area contributed by atoms with E-state index >= 15 is 0 Å². The van der Waals surface area contributed by atoms with Gasteiger partial charge in [-0.3, -0.25) is 14.4 Å². The molecule has 4 N–H and O–H groups in total. The van der Waals surface area contributed by atoms with Crippen LogP contribution in [0.1, 0.15) is 44.2 Å². The van der Waals surface area contributed by atoms with Crippen molar-refractivity contribution in [3.8, 4) is 11.1 Å². The van der Waals surface area contributed by atoms with E-state index in [-0.39, 0.29) is 18.6 Å². The molecular weight excluding hydrogens is 438 g/mol. The summed E-state index contributed by atoms with van der Waals surface area (Å²) in [5.41, 5.74) is 4.20. The molecular formula is C25H29N3O6. The van der Waals surface area contributed by atoms with Gasteiger partial charge >= 0.3 is 12.1 Å². The molecule has 9 nitrogen and oxygen atoms in total. The highest BCUT2D eigenvalue weighted by Gasteiger charge is 2.31. The van der Waals surface area contributed by atoms with Crippen LogP contribution in [0.5, 0.6) is 0 Å². The number of aliphatic carboxylic acids is 1. The second-order valence-corrected chi connectivity index (χ2v) is 8.51. The Morgan fingerprint density at radius 2 is 1.41 bits per heavy atom. The maximum Gasteiger partial charge on any atom is 0.407 e. The van der Waals surface area contributed by atoms with Gasteiger partial charge in [0.2, 0.25) is 11.8 Å². The number of carbonyl (C=O) groups is 4. The molecule has 34 heavy (non-hydrogen) atoms. The summed E-state index contributed by atoms with van der Waals surface area (Å²) in [6.07, 6.45) is -1.57. The van der Waals surface area contributed by atoms with E-state index < -0.39 is 42.4 Å². The summed E-state index contributed by atoms with van der Waals surface area (Å²) >= 11 is 0. The van der Waals surface area contributed by atoms with Crippen molar-refractivity contribution in [2.75, 3.05) is 6.61 Å². The Balaban J connectivity index is 1.64. The molecule has 2 aromatic carbocycles. The van der Waals surface area contributed by atoms with E-state index in [1.54, 1.807) is 13.8 Å². The zero-order chi connectivity index (χ0) is 24.8. The van der Waals surface area contributed by atoms with Crippen LogP contribution in [0.25, 0.3) is 11.1 Å². The van der Waals surface area contributed by atoms with Gasteiger partial charge in [-0.05, 0) is 43.0 Å². The molecule has 3 rings (SSSR count). The summed E-state index contributed by atoms with van der Waals surface area (Å²) < 4.78 is 5.40. The fourth-order valence-electron chi connectivity index (χ4n) is 3.96. The van der Waals surface area contributed by atoms with Gasteiger partial charge in [0.15, 0.2) is 0 Å². The molecule has 1 aliphatic carbocycles. The second-order valence-electron chi connectivity index (χ2n) is 8.51. The van der Waals surface area contributed by atoms with Crippen LogP contribution in [0.15, 0.2) is 48.5 Å². The van der Waals surface area contributed by atoms with Gasteiger partial charge in [0.25, 0.3) is 0 Å². The van der Waals surface area contributed by atoms with E-state index in [1.165, 1.54) is 6.92 Å². The lowest BCUT2D eigenvalue weighted by molar-refractivity contribution is -0.140. The SMILES string of the molecule is CC(C)NC(=O)C(C)NC(=O)C(CC(=O)O)NC(=O)OCC1c2ccccc2-c2ccccc21. The lowest BCUT2D eigenvalue weighted by Crippen LogP contribution is -2.54. The van der Waals surface area contributed by atoms with E-state index in [4.69, 9.17) is 4.74 Å². The summed E-state index contributed by atoms with van der Waals surface area (Å²) in [7, 11) is 0. The number of hydrogen-bond donors (Lipinski definition) is 4. The van der Waals surface area contributed by atoms with Crippen LogP contribution >= 0.6 is 0 Å². The first kappa shape index (κ1) is 24.8. The van der Waals surface area contributed by atoms with Crippen molar-refractivity contribution < 1.29 is 29.0 Å². The molecule has 0 aromatic heterocycles. The third-order valence-electron chi connectivity index (χ3n) is 5.51. The van der Waals surface area contributed by atoms with Gasteiger partial charge in [-0.25, -0.2) is 4.79 Å². The van der Waals surface area contributed by atoms with E-state index in [9.17, 15) is 24.3 Å². The van der Waals surface area contributed by atoms with Gasteiger partial charge in [-0.2, -0.15) is 0 Å². The highest BCUT2D eigenvalue weighted by atomic mass is 16.5. The number of nitrogens with one attached hydrogen (secondary N) is 3. The van der Waals surface area contributed by atoms with Crippen LogP contribution in [-0.4, -0.2) is 53.7 Å². The van der Waals surface area contributed by atoms with Crippen molar-refractivity contribution in [1.29, 1.82) is 0 Å². The Morgan fingerprint density at radius 3 is 1.94 bits per heavy atom. The zero-order valence-corrected chi connectivity index (χ0v) is 19.3. The number of carboxylic acids is 1. The molecule has 2 aromatic rings. The van der Waals surface area contributed by atoms with Crippen molar-refractivity contribution in [1.82, 2.24) is 16.0 Å². The number of carboxylic acid groups (broad SMARTS) is 1. The molecule has 0 radical (unpaired) electrons. The van der Waals surface area contributed by atoms with Crippen LogP contribution < -0.4 is 16.0 Å². The number of hydrogen-bond acceptors (Lipinski definition) is 5. The predicted octanol–water partition coefficient (Wildman–Crippen LogP) is 2.40. The maximum atomic E-state index is 12.6. The Kier molecular flexibility index (Phi) is 7.88. The van der Waals surface area contributed by atoms with Gasteiger partial charge in [-0.1, -0.05) is 48.5 Å². The van der Waals surface area contributed by atoms with E-state index in [2.05, 4.69) is 16.0 Å². The molecule has 9 heteroatoms. The summed E-state index contributed by atoms with van der Waals surface area (Å²) in [6.45, 7) is 5.05. The molecule has 0 aliphatic heterocycles. The standard InChI is InChI=1S/C25H29N3O6/c1-14(2)26-23(31)15(3)27-24(32)21(12-22(29)30)28-25(33)34-13-20-18-10-6-4-8-16(18)17-9-5-7-11-19(17)20/h4-11,14-15,20-21H,12-13H2,1-3H3,(H,26,31)(H,27,32)(H,28,33)(H,29,30). The summed E-state index contributed by atoms with van der Waals surface area (Å²) in [4.78, 5) is 48.4. The van der Waals surface area contributed by atoms with E-state index in [0.717, 1.165) is 22.3 Å². The van der Waals surface area contributed by atoms with Crippen molar-refractivity contribution in [3.63, 3.8) is 0 Å². The number of benzene rings is 2. The first-order valence-corrected chi connectivity index (χ1v) is 11.1. The molecule has 0 fully saturated rings. The van der Waals surface area contributed by atoms with Gasteiger partial charge in [0, 0.05) is 12.0 Å². The minimum atomic E-state index is -1.40. The number of amides is 3. The molecule has 0 saturated heterocycles. The monoisotopic (exact) mass is 467 g/mol. The maximum absolute atomic E-state index is 12.6. The Labute approximate surface area is 197 Å². The molecule has 2 atom stereocenters. The van der Waals surface area contributed by atoms with Crippen molar-refractivity contribution in [3.05, 3.63) is 59.7 Å². The van der Waals surface area contributed by atoms with E-state index in [0.29, 0.717) is 0 Å². The lowest BCUT2D eigenvalue weighted by Gasteiger charge is -2.21. The topological polar surface area (TPSA) is 134 Å². The number of rotatable bonds is 9. The largest absolute Gasteiger partial charge is 0.481 e. The average molecular weight is 468 g/mol. The Hall–Kier alpha value is -3.88. The number of fused-ring (bicyclic) bond motifs is 3. The number of carbonyl (C=O) groups excluding carboxylic acids is 3. The first-order valence-electron chi connectivity index (χ1n) is 11.1. The molecule has 0 heterocycles. The third kappa shape index (κ3) is 5.92.